The highest BCUT2D eigenvalue weighted by Gasteiger charge is 2.15. The fourth-order valence-electron chi connectivity index (χ4n) is 2.90. The summed E-state index contributed by atoms with van der Waals surface area (Å²) in [4.78, 5) is 12.3. The van der Waals surface area contributed by atoms with Crippen LogP contribution in [0.1, 0.15) is 5.56 Å². The monoisotopic (exact) mass is 465 g/mol. The number of rotatable bonds is 8. The molecule has 0 saturated carbocycles. The minimum Gasteiger partial charge on any atom is -0.489 e. The Kier molecular flexibility index (Phi) is 6.94. The highest BCUT2D eigenvalue weighted by Crippen LogP contribution is 2.27. The average molecular weight is 466 g/mol. The Hall–Kier alpha value is -3.49. The van der Waals surface area contributed by atoms with E-state index in [0.29, 0.717) is 33.9 Å². The first-order valence-corrected chi connectivity index (χ1v) is 11.1. The van der Waals surface area contributed by atoms with Gasteiger partial charge in [-0.1, -0.05) is 65.8 Å². The van der Waals surface area contributed by atoms with Crippen LogP contribution in [0.2, 0.25) is 5.02 Å². The van der Waals surface area contributed by atoms with E-state index in [2.05, 4.69) is 15.5 Å². The third-order valence-corrected chi connectivity index (χ3v) is 5.77. The molecule has 9 heteroatoms. The number of ether oxygens (including phenoxy) is 1. The largest absolute Gasteiger partial charge is 0.489 e. The van der Waals surface area contributed by atoms with Gasteiger partial charge in [-0.25, -0.2) is 4.68 Å². The minimum atomic E-state index is -0.185. The molecule has 1 heterocycles. The molecule has 32 heavy (non-hydrogen) atoms. The lowest BCUT2D eigenvalue weighted by Crippen LogP contribution is -2.16. The van der Waals surface area contributed by atoms with Gasteiger partial charge in [0.25, 0.3) is 0 Å². The van der Waals surface area contributed by atoms with Gasteiger partial charge in [-0.05, 0) is 42.0 Å². The van der Waals surface area contributed by atoms with Crippen molar-refractivity contribution in [2.45, 2.75) is 11.8 Å². The smallest absolute Gasteiger partial charge is 0.234 e. The molecule has 0 spiro atoms. The number of nitrogens with two attached hydrogens (primary N) is 1. The SMILES string of the molecule is Nn1c(SCC(=O)Nc2ccc(OCc3ccccc3)cc2)nnc1-c1ccccc1Cl. The predicted octanol–water partition coefficient (Wildman–Crippen LogP) is 4.62. The molecule has 0 fully saturated rings. The summed E-state index contributed by atoms with van der Waals surface area (Å²) in [6.07, 6.45) is 0. The molecule has 0 radical (unpaired) electrons. The Morgan fingerprint density at radius 3 is 2.47 bits per heavy atom. The van der Waals surface area contributed by atoms with Gasteiger partial charge in [-0.15, -0.1) is 10.2 Å². The van der Waals surface area contributed by atoms with Crippen molar-refractivity contribution in [3.8, 4) is 17.1 Å². The number of carbonyl (C=O) groups excluding carboxylic acids is 1. The average Bonchev–Trinajstić information content (AvgIpc) is 3.18. The van der Waals surface area contributed by atoms with E-state index in [1.165, 1.54) is 16.4 Å². The van der Waals surface area contributed by atoms with Crippen LogP contribution in [0.15, 0.2) is 84.0 Å². The van der Waals surface area contributed by atoms with E-state index in [4.69, 9.17) is 22.2 Å². The molecule has 3 aromatic carbocycles. The van der Waals surface area contributed by atoms with Crippen LogP contribution in [0.25, 0.3) is 11.4 Å². The zero-order valence-electron chi connectivity index (χ0n) is 16.9. The maximum atomic E-state index is 12.3. The highest BCUT2D eigenvalue weighted by atomic mass is 35.5. The maximum Gasteiger partial charge on any atom is 0.234 e. The van der Waals surface area contributed by atoms with Crippen LogP contribution in [0.4, 0.5) is 5.69 Å². The molecule has 1 amide bonds. The quantitative estimate of drug-likeness (QED) is 0.291. The molecule has 4 rings (SSSR count). The van der Waals surface area contributed by atoms with Crippen LogP contribution in [-0.4, -0.2) is 26.5 Å². The number of hydrogen-bond donors (Lipinski definition) is 2. The van der Waals surface area contributed by atoms with Crippen molar-refractivity contribution >= 4 is 35.0 Å². The van der Waals surface area contributed by atoms with E-state index in [1.807, 2.05) is 60.7 Å². The van der Waals surface area contributed by atoms with E-state index >= 15 is 0 Å². The topological polar surface area (TPSA) is 95.1 Å². The molecule has 1 aromatic heterocycles. The number of carbonyl (C=O) groups is 1. The van der Waals surface area contributed by atoms with Gasteiger partial charge >= 0.3 is 0 Å². The van der Waals surface area contributed by atoms with Crippen molar-refractivity contribution < 1.29 is 9.53 Å². The molecule has 0 aliphatic carbocycles. The number of halogens is 1. The third kappa shape index (κ3) is 5.40. The lowest BCUT2D eigenvalue weighted by Gasteiger charge is -2.08. The number of nitrogens with one attached hydrogen (secondary N) is 1. The van der Waals surface area contributed by atoms with Crippen molar-refractivity contribution in [3.05, 3.63) is 89.4 Å². The lowest BCUT2D eigenvalue weighted by molar-refractivity contribution is -0.113. The summed E-state index contributed by atoms with van der Waals surface area (Å²) in [5, 5.41) is 11.9. The molecule has 4 aromatic rings. The molecular formula is C23H20ClN5O2S. The number of benzene rings is 3. The number of amides is 1. The normalized spacial score (nSPS) is 10.7. The lowest BCUT2D eigenvalue weighted by atomic mass is 10.2. The number of anilines is 1. The van der Waals surface area contributed by atoms with Crippen molar-refractivity contribution in [1.29, 1.82) is 0 Å². The molecule has 0 aliphatic heterocycles. The molecule has 0 saturated heterocycles. The highest BCUT2D eigenvalue weighted by molar-refractivity contribution is 7.99. The van der Waals surface area contributed by atoms with Crippen LogP contribution < -0.4 is 15.9 Å². The Labute approximate surface area is 194 Å². The molecule has 7 nitrogen and oxygen atoms in total. The standard InChI is InChI=1S/C23H20ClN5O2S/c24-20-9-5-4-8-19(20)22-27-28-23(29(22)25)32-15-21(30)26-17-10-12-18(13-11-17)31-14-16-6-2-1-3-7-16/h1-13H,14-15,25H2,(H,26,30). The summed E-state index contributed by atoms with van der Waals surface area (Å²) in [6.45, 7) is 0.485. The zero-order valence-corrected chi connectivity index (χ0v) is 18.5. The first-order valence-electron chi connectivity index (χ1n) is 9.75. The zero-order chi connectivity index (χ0) is 22.3. The maximum absolute atomic E-state index is 12.3. The van der Waals surface area contributed by atoms with Crippen LogP contribution >= 0.6 is 23.4 Å². The van der Waals surface area contributed by atoms with Gasteiger partial charge in [0.05, 0.1) is 10.8 Å². The van der Waals surface area contributed by atoms with Crippen LogP contribution in [0.3, 0.4) is 0 Å². The molecule has 3 N–H and O–H groups in total. The van der Waals surface area contributed by atoms with Crippen LogP contribution in [-0.2, 0) is 11.4 Å². The van der Waals surface area contributed by atoms with Crippen molar-refractivity contribution in [2.24, 2.45) is 0 Å². The van der Waals surface area contributed by atoms with E-state index < -0.39 is 0 Å². The first kappa shape index (κ1) is 21.7. The van der Waals surface area contributed by atoms with Gasteiger partial charge in [0, 0.05) is 11.3 Å². The molecule has 162 valence electrons. The summed E-state index contributed by atoms with van der Waals surface area (Å²) in [5.41, 5.74) is 2.44. The summed E-state index contributed by atoms with van der Waals surface area (Å²) >= 11 is 7.39. The van der Waals surface area contributed by atoms with E-state index in [-0.39, 0.29) is 11.7 Å². The second kappa shape index (κ2) is 10.2. The fourth-order valence-corrected chi connectivity index (χ4v) is 3.78. The number of nitrogens with zero attached hydrogens (tertiary/aromatic N) is 3. The number of aromatic nitrogens is 3. The summed E-state index contributed by atoms with van der Waals surface area (Å²) < 4.78 is 7.09. The molecule has 0 aliphatic rings. The van der Waals surface area contributed by atoms with Crippen molar-refractivity contribution in [3.63, 3.8) is 0 Å². The predicted molar refractivity (Wildman–Crippen MR) is 127 cm³/mol. The molecule has 0 bridgehead atoms. The van der Waals surface area contributed by atoms with E-state index in [9.17, 15) is 4.79 Å². The Morgan fingerprint density at radius 1 is 1.00 bits per heavy atom. The van der Waals surface area contributed by atoms with E-state index in [0.717, 1.165) is 11.3 Å². The Morgan fingerprint density at radius 2 is 1.72 bits per heavy atom. The number of thioether (sulfide) groups is 1. The molecule has 0 unspecified atom stereocenters. The molecular weight excluding hydrogens is 446 g/mol. The van der Waals surface area contributed by atoms with Gasteiger partial charge in [0.15, 0.2) is 5.82 Å². The fraction of sp³-hybridized carbons (Fsp3) is 0.0870. The van der Waals surface area contributed by atoms with Crippen molar-refractivity contribution in [1.82, 2.24) is 14.9 Å². The molecule has 0 atom stereocenters. The van der Waals surface area contributed by atoms with E-state index in [1.54, 1.807) is 18.2 Å². The Balaban J connectivity index is 1.29. The minimum absolute atomic E-state index is 0.129. The third-order valence-electron chi connectivity index (χ3n) is 4.50. The van der Waals surface area contributed by atoms with Gasteiger partial charge in [0.2, 0.25) is 11.1 Å². The van der Waals surface area contributed by atoms with Gasteiger partial charge in [-0.3, -0.25) is 4.79 Å². The summed E-state index contributed by atoms with van der Waals surface area (Å²) in [7, 11) is 0. The van der Waals surface area contributed by atoms with Gasteiger partial charge in [-0.2, -0.15) is 0 Å². The summed E-state index contributed by atoms with van der Waals surface area (Å²) in [5.74, 6) is 7.20. The second-order valence-corrected chi connectivity index (χ2v) is 8.14. The first-order chi connectivity index (χ1) is 15.6. The van der Waals surface area contributed by atoms with Crippen LogP contribution in [0.5, 0.6) is 5.75 Å². The Bertz CT molecular complexity index is 1200. The van der Waals surface area contributed by atoms with Gasteiger partial charge in [0.1, 0.15) is 12.4 Å². The van der Waals surface area contributed by atoms with Crippen molar-refractivity contribution in [2.75, 3.05) is 16.9 Å². The summed E-state index contributed by atoms with van der Waals surface area (Å²) in [6, 6.07) is 24.4. The second-order valence-electron chi connectivity index (χ2n) is 6.79. The van der Waals surface area contributed by atoms with Gasteiger partial charge < -0.3 is 15.9 Å². The van der Waals surface area contributed by atoms with Crippen LogP contribution in [0, 0.1) is 0 Å². The number of hydrogen-bond acceptors (Lipinski definition) is 6. The number of nitrogen functional groups attached to an aromatic ring is 1.